The van der Waals surface area contributed by atoms with Crippen LogP contribution >= 0.6 is 15.9 Å². The number of carbonyl (C=O) groups is 2. The Bertz CT molecular complexity index is 1460. The highest BCUT2D eigenvalue weighted by atomic mass is 79.9. The highest BCUT2D eigenvalue weighted by molar-refractivity contribution is 9.10. The lowest BCUT2D eigenvalue weighted by Gasteiger charge is -2.70. The largest absolute Gasteiger partial charge is 0.444 e. The molecule has 2 aromatic heterocycles. The van der Waals surface area contributed by atoms with E-state index in [9.17, 15) is 27.6 Å². The molecule has 3 heterocycles. The number of ether oxygens (including phenoxy) is 1. The van der Waals surface area contributed by atoms with E-state index in [1.807, 2.05) is 11.8 Å². The molecule has 0 radical (unpaired) electrons. The number of hydrogen-bond acceptors (Lipinski definition) is 7. The number of alkyl halides is 3. The van der Waals surface area contributed by atoms with E-state index in [-0.39, 0.29) is 42.4 Å². The topological polar surface area (TPSA) is 110 Å². The zero-order chi connectivity index (χ0) is 30.1. The number of piperazine rings is 1. The summed E-state index contributed by atoms with van der Waals surface area (Å²) in [5.74, 6) is -0.441. The molecule has 4 fully saturated rings. The lowest BCUT2D eigenvalue weighted by molar-refractivity contribution is -0.337. The maximum Gasteiger partial charge on any atom is 0.410 e. The van der Waals surface area contributed by atoms with Gasteiger partial charge in [0.25, 0.3) is 0 Å². The van der Waals surface area contributed by atoms with Gasteiger partial charge >= 0.3 is 12.3 Å². The third-order valence-corrected chi connectivity index (χ3v) is 8.95. The molecule has 2 bridgehead atoms. The van der Waals surface area contributed by atoms with Crippen molar-refractivity contribution in [3.8, 4) is 0 Å². The van der Waals surface area contributed by atoms with E-state index in [2.05, 4.69) is 31.2 Å². The van der Waals surface area contributed by atoms with E-state index in [0.717, 1.165) is 0 Å². The van der Waals surface area contributed by atoms with Gasteiger partial charge in [0.2, 0.25) is 11.3 Å². The molecule has 1 N–H and O–H groups in total. The van der Waals surface area contributed by atoms with Gasteiger partial charge < -0.3 is 24.4 Å². The average Bonchev–Trinajstić information content (AvgIpc) is 2.81. The highest BCUT2D eigenvalue weighted by Crippen LogP contribution is 2.73. The van der Waals surface area contributed by atoms with Gasteiger partial charge in [-0.2, -0.15) is 13.2 Å². The zero-order valence-electron chi connectivity index (χ0n) is 23.7. The Labute approximate surface area is 243 Å². The van der Waals surface area contributed by atoms with Crippen molar-refractivity contribution in [3.63, 3.8) is 0 Å². The number of amides is 2. The lowest BCUT2D eigenvalue weighted by Crippen LogP contribution is -2.78. The zero-order valence-corrected chi connectivity index (χ0v) is 25.3. The first-order chi connectivity index (χ1) is 19.0. The van der Waals surface area contributed by atoms with E-state index in [4.69, 9.17) is 4.74 Å². The first kappa shape index (κ1) is 29.6. The minimum atomic E-state index is -4.27. The number of anilines is 1. The second-order valence-electron chi connectivity index (χ2n) is 12.4. The predicted octanol–water partition coefficient (Wildman–Crippen LogP) is 4.08. The molecule has 1 saturated heterocycles. The van der Waals surface area contributed by atoms with E-state index >= 15 is 0 Å². The first-order valence-corrected chi connectivity index (χ1v) is 14.5. The van der Waals surface area contributed by atoms with Gasteiger partial charge in [0.15, 0.2) is 11.2 Å². The van der Waals surface area contributed by atoms with Gasteiger partial charge in [0.05, 0.1) is 11.1 Å². The summed E-state index contributed by atoms with van der Waals surface area (Å²) >= 11 is 3.35. The molecule has 41 heavy (non-hydrogen) atoms. The van der Waals surface area contributed by atoms with Crippen LogP contribution in [-0.2, 0) is 22.5 Å². The third-order valence-electron chi connectivity index (χ3n) is 8.20. The standard InChI is InChI=1S/C27H34BrF3N6O4/c1-6-16-19(35-7-9-36(10-8-35)23(40)41-24(3,4)5)20(39)18-22(32-15(2)21(28)33-18)37(16)11-17(38)34-26-12-25(13-26,14-26)27(29,30)31/h6-14H2,1-5H3,(H,34,38). The molecule has 4 aliphatic rings. The summed E-state index contributed by atoms with van der Waals surface area (Å²) < 4.78 is 47.5. The second kappa shape index (κ2) is 9.84. The molecular formula is C27H34BrF3N6O4. The smallest absolute Gasteiger partial charge is 0.410 e. The van der Waals surface area contributed by atoms with Crippen molar-refractivity contribution in [3.05, 3.63) is 26.2 Å². The molecule has 224 valence electrons. The SMILES string of the molecule is CCc1c(N2CCN(C(=O)OC(C)(C)C)CC2)c(=O)c2nc(Br)c(C)nc2n1CC(=O)NC12CC(C(F)(F)F)(C1)C2. The molecule has 10 nitrogen and oxygen atoms in total. The Hall–Kier alpha value is -2.90. The fraction of sp³-hybridized carbons (Fsp3) is 0.667. The van der Waals surface area contributed by atoms with E-state index < -0.39 is 34.7 Å². The van der Waals surface area contributed by atoms with Gasteiger partial charge in [0.1, 0.15) is 22.4 Å². The molecule has 0 atom stereocenters. The van der Waals surface area contributed by atoms with Crippen LogP contribution in [0.2, 0.25) is 0 Å². The van der Waals surface area contributed by atoms with Crippen molar-refractivity contribution in [2.75, 3.05) is 31.1 Å². The Morgan fingerprint density at radius 2 is 1.68 bits per heavy atom. The van der Waals surface area contributed by atoms with Crippen LogP contribution in [0.15, 0.2) is 9.40 Å². The Morgan fingerprint density at radius 1 is 1.07 bits per heavy atom. The number of fused-ring (bicyclic) bond motifs is 1. The van der Waals surface area contributed by atoms with Crippen LogP contribution in [0, 0.1) is 12.3 Å². The van der Waals surface area contributed by atoms with Crippen LogP contribution in [-0.4, -0.2) is 74.9 Å². The summed E-state index contributed by atoms with van der Waals surface area (Å²) in [7, 11) is 0. The van der Waals surface area contributed by atoms with Crippen LogP contribution in [0.3, 0.4) is 0 Å². The van der Waals surface area contributed by atoms with Gasteiger partial charge in [-0.3, -0.25) is 9.59 Å². The van der Waals surface area contributed by atoms with Gasteiger partial charge in [-0.1, -0.05) is 6.92 Å². The minimum absolute atomic E-state index is 0.0820. The molecule has 0 unspecified atom stereocenters. The van der Waals surface area contributed by atoms with Crippen molar-refractivity contribution < 1.29 is 27.5 Å². The summed E-state index contributed by atoms with van der Waals surface area (Å²) in [5.41, 5.74) is -1.68. The van der Waals surface area contributed by atoms with Crippen LogP contribution in [0.1, 0.15) is 58.3 Å². The molecular weight excluding hydrogens is 609 g/mol. The summed E-state index contributed by atoms with van der Waals surface area (Å²) in [6.07, 6.45) is -4.64. The Kier molecular flexibility index (Phi) is 7.10. The molecule has 3 aliphatic carbocycles. The van der Waals surface area contributed by atoms with Gasteiger partial charge in [-0.25, -0.2) is 14.8 Å². The highest BCUT2D eigenvalue weighted by Gasteiger charge is 2.78. The molecule has 3 saturated carbocycles. The maximum absolute atomic E-state index is 13.8. The Morgan fingerprint density at radius 3 is 2.22 bits per heavy atom. The van der Waals surface area contributed by atoms with Crippen molar-refractivity contribution in [1.82, 2.24) is 24.8 Å². The number of nitrogens with zero attached hydrogens (tertiary/aromatic N) is 5. The quantitative estimate of drug-likeness (QED) is 0.523. The van der Waals surface area contributed by atoms with Crippen molar-refractivity contribution in [2.24, 2.45) is 5.41 Å². The maximum atomic E-state index is 13.8. The van der Waals surface area contributed by atoms with Crippen molar-refractivity contribution >= 4 is 44.8 Å². The van der Waals surface area contributed by atoms with Crippen LogP contribution in [0.5, 0.6) is 0 Å². The van der Waals surface area contributed by atoms with Gasteiger partial charge in [-0.15, -0.1) is 0 Å². The molecule has 0 spiro atoms. The molecule has 2 amide bonds. The summed E-state index contributed by atoms with van der Waals surface area (Å²) in [4.78, 5) is 52.2. The molecule has 2 aromatic rings. The Balaban J connectivity index is 1.44. The summed E-state index contributed by atoms with van der Waals surface area (Å²) in [6, 6.07) is 0. The number of rotatable bonds is 5. The second-order valence-corrected chi connectivity index (χ2v) is 13.2. The van der Waals surface area contributed by atoms with E-state index in [1.54, 1.807) is 37.2 Å². The molecule has 0 aromatic carbocycles. The minimum Gasteiger partial charge on any atom is -0.444 e. The number of nitrogens with one attached hydrogen (secondary N) is 1. The number of carbonyl (C=O) groups excluding carboxylic acids is 2. The number of aromatic nitrogens is 3. The fourth-order valence-corrected chi connectivity index (χ4v) is 6.59. The van der Waals surface area contributed by atoms with E-state index in [0.29, 0.717) is 54.3 Å². The van der Waals surface area contributed by atoms with Crippen LogP contribution in [0.25, 0.3) is 11.2 Å². The first-order valence-electron chi connectivity index (χ1n) is 13.7. The predicted molar refractivity (Wildman–Crippen MR) is 149 cm³/mol. The number of hydrogen-bond donors (Lipinski definition) is 1. The lowest BCUT2D eigenvalue weighted by atomic mass is 9.39. The van der Waals surface area contributed by atoms with Gasteiger partial charge in [-0.05, 0) is 69.3 Å². The van der Waals surface area contributed by atoms with Crippen molar-refractivity contribution in [2.45, 2.75) is 84.2 Å². The number of pyridine rings is 1. The van der Waals surface area contributed by atoms with Crippen molar-refractivity contribution in [1.29, 1.82) is 0 Å². The molecule has 14 heteroatoms. The molecule has 6 rings (SSSR count). The normalized spacial score (nSPS) is 24.1. The van der Waals surface area contributed by atoms with Crippen LogP contribution < -0.4 is 15.6 Å². The third kappa shape index (κ3) is 5.16. The van der Waals surface area contributed by atoms with Crippen LogP contribution in [0.4, 0.5) is 23.7 Å². The van der Waals surface area contributed by atoms with Gasteiger partial charge in [0, 0.05) is 37.4 Å². The fourth-order valence-electron chi connectivity index (χ4n) is 6.32. The monoisotopic (exact) mass is 642 g/mol. The van der Waals surface area contributed by atoms with E-state index in [1.165, 1.54) is 0 Å². The summed E-state index contributed by atoms with van der Waals surface area (Å²) in [6.45, 7) is 10.2. The number of halogens is 4. The number of aryl methyl sites for hydroxylation is 1. The molecule has 1 aliphatic heterocycles. The average molecular weight is 644 g/mol. The summed E-state index contributed by atoms with van der Waals surface area (Å²) in [5, 5.41) is 2.83.